The fourth-order valence-corrected chi connectivity index (χ4v) is 3.24. The van der Waals surface area contributed by atoms with Crippen LogP contribution in [0.15, 0.2) is 30.8 Å². The van der Waals surface area contributed by atoms with Crippen LogP contribution in [0.3, 0.4) is 0 Å². The van der Waals surface area contributed by atoms with Gasteiger partial charge in [-0.15, -0.1) is 0 Å². The van der Waals surface area contributed by atoms with Crippen LogP contribution in [-0.2, 0) is 13.9 Å². The highest BCUT2D eigenvalue weighted by Crippen LogP contribution is 2.26. The third kappa shape index (κ3) is 5.40. The average Bonchev–Trinajstić information content (AvgIpc) is 2.49. The van der Waals surface area contributed by atoms with Crippen molar-refractivity contribution < 1.29 is 13.9 Å². The summed E-state index contributed by atoms with van der Waals surface area (Å²) in [5.74, 6) is 0. The van der Waals surface area contributed by atoms with Crippen molar-refractivity contribution in [3.05, 3.63) is 42.0 Å². The first-order valence-electron chi connectivity index (χ1n) is 7.52. The number of rotatable bonds is 10. The fraction of sp³-hybridized carbons (Fsp3) is 0.529. The van der Waals surface area contributed by atoms with Gasteiger partial charge in [0, 0.05) is 13.2 Å². The molecule has 0 aliphatic rings. The van der Waals surface area contributed by atoms with E-state index >= 15 is 0 Å². The Morgan fingerprint density at radius 1 is 1.19 bits per heavy atom. The predicted molar refractivity (Wildman–Crippen MR) is 88.1 cm³/mol. The molecular formula is C17H26O3Si. The summed E-state index contributed by atoms with van der Waals surface area (Å²) in [7, 11) is 0.122. The van der Waals surface area contributed by atoms with Crippen LogP contribution in [0.1, 0.15) is 51.3 Å². The van der Waals surface area contributed by atoms with Crippen LogP contribution in [0.4, 0.5) is 0 Å². The first-order valence-corrected chi connectivity index (χ1v) is 8.43. The number of benzene rings is 1. The van der Waals surface area contributed by atoms with Crippen molar-refractivity contribution in [2.75, 3.05) is 13.2 Å². The zero-order valence-electron chi connectivity index (χ0n) is 13.5. The number of ether oxygens (including phenoxy) is 2. The second-order valence-corrected chi connectivity index (χ2v) is 6.11. The Balaban J connectivity index is 2.80. The van der Waals surface area contributed by atoms with Crippen LogP contribution in [0.5, 0.6) is 0 Å². The lowest BCUT2D eigenvalue weighted by Gasteiger charge is -2.30. The van der Waals surface area contributed by atoms with E-state index in [2.05, 4.69) is 25.6 Å². The monoisotopic (exact) mass is 306 g/mol. The summed E-state index contributed by atoms with van der Waals surface area (Å²) in [5.41, 5.74) is 1.61. The zero-order valence-corrected chi connectivity index (χ0v) is 14.5. The highest BCUT2D eigenvalue weighted by molar-refractivity contribution is 6.30. The van der Waals surface area contributed by atoms with E-state index in [0.717, 1.165) is 17.5 Å². The summed E-state index contributed by atoms with van der Waals surface area (Å²) in [6.45, 7) is 13.1. The highest BCUT2D eigenvalue weighted by Gasteiger charge is 2.29. The van der Waals surface area contributed by atoms with Crippen molar-refractivity contribution in [3.8, 4) is 0 Å². The lowest BCUT2D eigenvalue weighted by atomic mass is 10.0. The molecule has 1 rings (SSSR count). The molecular weight excluding hydrogens is 280 g/mol. The largest absolute Gasteiger partial charge is 0.405 e. The maximum atomic E-state index is 6.12. The summed E-state index contributed by atoms with van der Waals surface area (Å²) in [4.78, 5) is 0. The maximum Gasteiger partial charge on any atom is 0.304 e. The van der Waals surface area contributed by atoms with E-state index in [4.69, 9.17) is 13.9 Å². The Morgan fingerprint density at radius 3 is 2.33 bits per heavy atom. The molecule has 0 spiro atoms. The minimum absolute atomic E-state index is 0.0257. The molecule has 0 heterocycles. The molecule has 0 saturated carbocycles. The maximum absolute atomic E-state index is 6.12. The first-order chi connectivity index (χ1) is 10.1. The summed E-state index contributed by atoms with van der Waals surface area (Å²) in [6.07, 6.45) is 2.79. The number of hydrogen-bond acceptors (Lipinski definition) is 3. The van der Waals surface area contributed by atoms with Gasteiger partial charge in [0.1, 0.15) is 0 Å². The molecule has 1 unspecified atom stereocenters. The summed E-state index contributed by atoms with van der Waals surface area (Å²) in [5, 5.41) is 0. The molecule has 0 fully saturated rings. The quantitative estimate of drug-likeness (QED) is 0.480. The average molecular weight is 306 g/mol. The van der Waals surface area contributed by atoms with E-state index in [1.807, 2.05) is 39.0 Å². The highest BCUT2D eigenvalue weighted by atomic mass is 28.2. The van der Waals surface area contributed by atoms with Gasteiger partial charge in [0.25, 0.3) is 0 Å². The molecule has 0 aromatic heterocycles. The standard InChI is InChI=1S/C17H26O3Si/c1-6-14-12-10-11-13-15(14)16(7-2)20-21-17(5,18-8-3)19-9-4/h6,10-13,16H,1,7-9H2,2-5H3. The molecule has 1 aromatic carbocycles. The van der Waals surface area contributed by atoms with Crippen molar-refractivity contribution in [1.29, 1.82) is 0 Å². The fourth-order valence-electron chi connectivity index (χ4n) is 2.19. The molecule has 116 valence electrons. The second-order valence-electron chi connectivity index (χ2n) is 4.76. The van der Waals surface area contributed by atoms with Crippen LogP contribution < -0.4 is 0 Å². The molecule has 3 nitrogen and oxygen atoms in total. The number of hydrogen-bond donors (Lipinski definition) is 0. The van der Waals surface area contributed by atoms with Gasteiger partial charge in [-0.25, -0.2) is 0 Å². The molecule has 0 aliphatic carbocycles. The third-order valence-corrected chi connectivity index (χ3v) is 4.22. The van der Waals surface area contributed by atoms with Gasteiger partial charge in [-0.1, -0.05) is 43.8 Å². The summed E-state index contributed by atoms with van der Waals surface area (Å²) < 4.78 is 17.5. The molecule has 4 heteroatoms. The van der Waals surface area contributed by atoms with E-state index < -0.39 is 5.41 Å². The lowest BCUT2D eigenvalue weighted by molar-refractivity contribution is -0.171. The lowest BCUT2D eigenvalue weighted by Crippen LogP contribution is -2.41. The molecule has 0 amide bonds. The topological polar surface area (TPSA) is 27.7 Å². The van der Waals surface area contributed by atoms with Gasteiger partial charge in [-0.3, -0.25) is 0 Å². The van der Waals surface area contributed by atoms with E-state index in [9.17, 15) is 0 Å². The molecule has 2 radical (unpaired) electrons. The normalized spacial score (nSPS) is 13.1. The predicted octanol–water partition coefficient (Wildman–Crippen LogP) is 4.16. The van der Waals surface area contributed by atoms with Crippen LogP contribution in [0.2, 0.25) is 0 Å². The van der Waals surface area contributed by atoms with E-state index in [0.29, 0.717) is 13.2 Å². The van der Waals surface area contributed by atoms with Crippen LogP contribution in [0.25, 0.3) is 6.08 Å². The Kier molecular flexibility index (Phi) is 7.89. The van der Waals surface area contributed by atoms with Gasteiger partial charge in [-0.05, 0) is 38.3 Å². The molecule has 0 N–H and O–H groups in total. The Morgan fingerprint density at radius 2 is 1.81 bits per heavy atom. The van der Waals surface area contributed by atoms with Gasteiger partial charge in [0.15, 0.2) is 5.41 Å². The molecule has 21 heavy (non-hydrogen) atoms. The van der Waals surface area contributed by atoms with E-state index in [-0.39, 0.29) is 15.9 Å². The molecule has 0 bridgehead atoms. The Labute approximate surface area is 131 Å². The van der Waals surface area contributed by atoms with Crippen molar-refractivity contribution in [2.45, 2.75) is 45.6 Å². The van der Waals surface area contributed by atoms with Gasteiger partial charge >= 0.3 is 9.76 Å². The Hall–Kier alpha value is -0.943. The molecule has 0 saturated heterocycles. The van der Waals surface area contributed by atoms with Crippen LogP contribution in [0, 0.1) is 0 Å². The van der Waals surface area contributed by atoms with Gasteiger partial charge < -0.3 is 13.9 Å². The van der Waals surface area contributed by atoms with Crippen LogP contribution >= 0.6 is 0 Å². The van der Waals surface area contributed by atoms with Crippen molar-refractivity contribution in [2.24, 2.45) is 0 Å². The third-order valence-electron chi connectivity index (χ3n) is 3.16. The van der Waals surface area contributed by atoms with Crippen LogP contribution in [-0.4, -0.2) is 28.4 Å². The van der Waals surface area contributed by atoms with Crippen molar-refractivity contribution >= 4 is 15.8 Å². The molecule has 1 aromatic rings. The Bertz CT molecular complexity index is 428. The van der Waals surface area contributed by atoms with Gasteiger partial charge in [-0.2, -0.15) is 0 Å². The molecule has 0 aliphatic heterocycles. The van der Waals surface area contributed by atoms with E-state index in [1.54, 1.807) is 0 Å². The smallest absolute Gasteiger partial charge is 0.304 e. The van der Waals surface area contributed by atoms with Gasteiger partial charge in [0.05, 0.1) is 6.10 Å². The summed E-state index contributed by atoms with van der Waals surface area (Å²) in [6, 6.07) is 8.19. The summed E-state index contributed by atoms with van der Waals surface area (Å²) >= 11 is 0. The SMILES string of the molecule is C=Cc1ccccc1C(CC)O[Si]C(C)(OCC)OCC. The van der Waals surface area contributed by atoms with Crippen molar-refractivity contribution in [1.82, 2.24) is 0 Å². The minimum Gasteiger partial charge on any atom is -0.405 e. The first kappa shape index (κ1) is 18.1. The van der Waals surface area contributed by atoms with Crippen molar-refractivity contribution in [3.63, 3.8) is 0 Å². The minimum atomic E-state index is -0.667. The molecule has 1 atom stereocenters. The second kappa shape index (κ2) is 9.15. The zero-order chi connectivity index (χ0) is 15.7. The van der Waals surface area contributed by atoms with E-state index in [1.165, 1.54) is 0 Å². The van der Waals surface area contributed by atoms with Gasteiger partial charge in [0.2, 0.25) is 0 Å².